The molecular weight excluding hydrogens is 383 g/mol. The molecule has 2 heterocycles. The van der Waals surface area contributed by atoms with Gasteiger partial charge in [-0.15, -0.1) is 0 Å². The Morgan fingerprint density at radius 3 is 2.36 bits per heavy atom. The first-order valence-corrected chi connectivity index (χ1v) is 9.80. The number of Topliss-reactive ketones (excluding diaryl/α,β-unsaturated/α-hetero) is 1. The van der Waals surface area contributed by atoms with Crippen LogP contribution in [0.5, 0.6) is 11.5 Å². The molecule has 1 unspecified atom stereocenters. The van der Waals surface area contributed by atoms with Crippen molar-refractivity contribution in [3.8, 4) is 11.5 Å². The Labute approximate surface area is 165 Å². The summed E-state index contributed by atoms with van der Waals surface area (Å²) in [6.45, 7) is -0.572. The summed E-state index contributed by atoms with van der Waals surface area (Å²) in [6, 6.07) is 3.01. The van der Waals surface area contributed by atoms with Crippen molar-refractivity contribution in [1.82, 2.24) is 4.90 Å². The van der Waals surface area contributed by atoms with Crippen LogP contribution in [0, 0.1) is 0 Å². The summed E-state index contributed by atoms with van der Waals surface area (Å²) in [5.41, 5.74) is 0.478. The third kappa shape index (κ3) is 4.68. The molecule has 0 aliphatic carbocycles. The third-order valence-corrected chi connectivity index (χ3v) is 5.08. The van der Waals surface area contributed by atoms with Crippen LogP contribution in [-0.4, -0.2) is 41.6 Å². The van der Waals surface area contributed by atoms with E-state index in [0.717, 1.165) is 24.2 Å². The van der Waals surface area contributed by atoms with Crippen molar-refractivity contribution in [3.05, 3.63) is 17.7 Å². The summed E-state index contributed by atoms with van der Waals surface area (Å²) in [4.78, 5) is 50.6. The van der Waals surface area contributed by atoms with Gasteiger partial charge in [0.05, 0.1) is 27.3 Å². The van der Waals surface area contributed by atoms with Gasteiger partial charge in [-0.1, -0.05) is 19.3 Å². The van der Waals surface area contributed by atoms with Gasteiger partial charge in [0.1, 0.15) is 5.75 Å². The van der Waals surface area contributed by atoms with Crippen LogP contribution in [0.25, 0.3) is 0 Å². The van der Waals surface area contributed by atoms with Crippen LogP contribution in [0.15, 0.2) is 12.1 Å². The number of nitrogens with one attached hydrogen (secondary N) is 1. The second-order valence-corrected chi connectivity index (χ2v) is 7.10. The number of fused-ring (bicyclic) bond motifs is 1. The van der Waals surface area contributed by atoms with Crippen molar-refractivity contribution in [2.75, 3.05) is 18.5 Å². The van der Waals surface area contributed by atoms with Gasteiger partial charge in [0.2, 0.25) is 11.8 Å². The van der Waals surface area contributed by atoms with Gasteiger partial charge in [-0.25, -0.2) is 0 Å². The lowest BCUT2D eigenvalue weighted by Crippen LogP contribution is -2.41. The minimum atomic E-state index is -0.449. The molecule has 28 heavy (non-hydrogen) atoms. The summed E-state index contributed by atoms with van der Waals surface area (Å²) in [6.07, 6.45) is 4.80. The molecule has 0 saturated carbocycles. The second-order valence-electron chi connectivity index (χ2n) is 6.87. The highest BCUT2D eigenvalue weighted by Crippen LogP contribution is 2.37. The fourth-order valence-corrected chi connectivity index (χ4v) is 3.48. The smallest absolute Gasteiger partial charge is 0.262 e. The quantitative estimate of drug-likeness (QED) is 0.468. The monoisotopic (exact) mass is 406 g/mol. The van der Waals surface area contributed by atoms with Gasteiger partial charge in [-0.05, 0) is 18.9 Å². The first kappa shape index (κ1) is 20.3. The molecule has 2 aliphatic rings. The van der Waals surface area contributed by atoms with Crippen LogP contribution in [0.3, 0.4) is 0 Å². The standard InChI is InChI=1S/C19H23N2O6P/c22-15(10-21-17(24)6-4-2-1-3-5-7-18(21)25)13-8-12(27-28)9-14-19(13)26-11-16(23)20-14/h8-9H,1-7,10-11,28H2,(H,20,23). The number of imide groups is 1. The van der Waals surface area contributed by atoms with Gasteiger partial charge < -0.3 is 14.6 Å². The summed E-state index contributed by atoms with van der Waals surface area (Å²) in [5.74, 6) is -0.903. The molecule has 1 fully saturated rings. The van der Waals surface area contributed by atoms with Crippen molar-refractivity contribution in [2.45, 2.75) is 44.9 Å². The average Bonchev–Trinajstić information content (AvgIpc) is 2.69. The molecule has 0 aromatic heterocycles. The number of carbonyl (C=O) groups is 4. The predicted molar refractivity (Wildman–Crippen MR) is 104 cm³/mol. The molecule has 2 aliphatic heterocycles. The Hall–Kier alpha value is -2.47. The van der Waals surface area contributed by atoms with Crippen LogP contribution < -0.4 is 14.6 Å². The Morgan fingerprint density at radius 1 is 1.07 bits per heavy atom. The highest BCUT2D eigenvalue weighted by molar-refractivity contribution is 7.10. The molecule has 0 bridgehead atoms. The molecule has 8 nitrogen and oxygen atoms in total. The number of benzene rings is 1. The lowest BCUT2D eigenvalue weighted by Gasteiger charge is -2.24. The number of ether oxygens (including phenoxy) is 1. The number of anilines is 1. The maximum Gasteiger partial charge on any atom is 0.262 e. The molecule has 0 radical (unpaired) electrons. The molecule has 1 aromatic carbocycles. The number of ketones is 1. The minimum Gasteiger partial charge on any atom is -0.481 e. The summed E-state index contributed by atoms with van der Waals surface area (Å²) in [5, 5.41) is 2.63. The average molecular weight is 406 g/mol. The number of rotatable bonds is 4. The number of hydrogen-bond acceptors (Lipinski definition) is 6. The summed E-state index contributed by atoms with van der Waals surface area (Å²) >= 11 is 0. The Balaban J connectivity index is 1.86. The Morgan fingerprint density at radius 2 is 1.71 bits per heavy atom. The molecule has 1 N–H and O–H groups in total. The lowest BCUT2D eigenvalue weighted by atomic mass is 10.0. The first-order valence-electron chi connectivity index (χ1n) is 9.33. The van der Waals surface area contributed by atoms with Crippen molar-refractivity contribution < 1.29 is 28.4 Å². The molecule has 1 atom stereocenters. The number of nitrogens with zero attached hydrogens (tertiary/aromatic N) is 1. The molecule has 1 aromatic rings. The van der Waals surface area contributed by atoms with Gasteiger partial charge in [0.25, 0.3) is 5.91 Å². The van der Waals surface area contributed by atoms with Crippen LogP contribution in [-0.2, 0) is 14.4 Å². The zero-order valence-corrected chi connectivity index (χ0v) is 16.6. The van der Waals surface area contributed by atoms with Gasteiger partial charge in [0, 0.05) is 18.9 Å². The highest BCUT2D eigenvalue weighted by atomic mass is 31.0. The van der Waals surface area contributed by atoms with E-state index in [-0.39, 0.29) is 55.0 Å². The van der Waals surface area contributed by atoms with Crippen molar-refractivity contribution >= 4 is 38.7 Å². The molecule has 9 heteroatoms. The van der Waals surface area contributed by atoms with Crippen molar-refractivity contribution in [3.63, 3.8) is 0 Å². The number of amides is 3. The van der Waals surface area contributed by atoms with Crippen molar-refractivity contribution in [2.24, 2.45) is 0 Å². The highest BCUT2D eigenvalue weighted by Gasteiger charge is 2.29. The molecule has 3 rings (SSSR count). The lowest BCUT2D eigenvalue weighted by molar-refractivity contribution is -0.144. The molecular formula is C19H23N2O6P. The normalized spacial score (nSPS) is 18.0. The van der Waals surface area contributed by atoms with E-state index in [4.69, 9.17) is 9.26 Å². The fourth-order valence-electron chi connectivity index (χ4n) is 3.35. The topological polar surface area (TPSA) is 102 Å². The van der Waals surface area contributed by atoms with Gasteiger partial charge in [-0.2, -0.15) is 0 Å². The first-order chi connectivity index (χ1) is 13.5. The fraction of sp³-hybridized carbons (Fsp3) is 0.474. The van der Waals surface area contributed by atoms with Crippen LogP contribution in [0.2, 0.25) is 0 Å². The molecule has 3 amide bonds. The summed E-state index contributed by atoms with van der Waals surface area (Å²) < 4.78 is 10.5. The molecule has 150 valence electrons. The minimum absolute atomic E-state index is 0.160. The van der Waals surface area contributed by atoms with E-state index in [1.807, 2.05) is 0 Å². The number of hydrogen-bond donors (Lipinski definition) is 1. The van der Waals surface area contributed by atoms with Gasteiger partial charge >= 0.3 is 0 Å². The Kier molecular flexibility index (Phi) is 6.62. The number of carbonyl (C=O) groups excluding carboxylic acids is 4. The molecule has 0 spiro atoms. The van der Waals surface area contributed by atoms with E-state index in [1.165, 1.54) is 12.1 Å². The molecule has 1 saturated heterocycles. The van der Waals surface area contributed by atoms with E-state index in [0.29, 0.717) is 24.3 Å². The third-order valence-electron chi connectivity index (χ3n) is 4.81. The summed E-state index contributed by atoms with van der Waals surface area (Å²) in [7, 11) is 2.07. The SMILES string of the molecule is O=C1COc2c(cc(OP)cc2C(=O)CN2C(=O)CCCCCCCC2=O)N1. The van der Waals surface area contributed by atoms with Gasteiger partial charge in [-0.3, -0.25) is 24.1 Å². The van der Waals surface area contributed by atoms with E-state index < -0.39 is 5.78 Å². The maximum atomic E-state index is 13.0. The zero-order valence-electron chi connectivity index (χ0n) is 15.5. The van der Waals surface area contributed by atoms with Crippen LogP contribution in [0.4, 0.5) is 5.69 Å². The zero-order chi connectivity index (χ0) is 20.1. The van der Waals surface area contributed by atoms with Crippen LogP contribution >= 0.6 is 9.47 Å². The van der Waals surface area contributed by atoms with E-state index >= 15 is 0 Å². The predicted octanol–water partition coefficient (Wildman–Crippen LogP) is 2.47. The van der Waals surface area contributed by atoms with E-state index in [2.05, 4.69) is 14.8 Å². The van der Waals surface area contributed by atoms with Crippen molar-refractivity contribution in [1.29, 1.82) is 0 Å². The second kappa shape index (κ2) is 9.15. The van der Waals surface area contributed by atoms with Crippen LogP contribution in [0.1, 0.15) is 55.3 Å². The Bertz CT molecular complexity index is 790. The van der Waals surface area contributed by atoms with E-state index in [1.54, 1.807) is 0 Å². The maximum absolute atomic E-state index is 13.0. The largest absolute Gasteiger partial charge is 0.481 e. The van der Waals surface area contributed by atoms with E-state index in [9.17, 15) is 19.2 Å². The van der Waals surface area contributed by atoms with Gasteiger partial charge in [0.15, 0.2) is 18.1 Å².